The van der Waals surface area contributed by atoms with Crippen LogP contribution in [0.1, 0.15) is 31.2 Å². The van der Waals surface area contributed by atoms with Crippen LogP contribution in [0.5, 0.6) is 0 Å². The zero-order valence-electron chi connectivity index (χ0n) is 10.8. The molecule has 0 amide bonds. The Kier molecular flexibility index (Phi) is 5.31. The van der Waals surface area contributed by atoms with Crippen LogP contribution in [0.2, 0.25) is 0 Å². The van der Waals surface area contributed by atoms with Gasteiger partial charge in [0.2, 0.25) is 0 Å². The van der Waals surface area contributed by atoms with Crippen LogP contribution >= 0.6 is 0 Å². The lowest BCUT2D eigenvalue weighted by atomic mass is 9.88. The van der Waals surface area contributed by atoms with Gasteiger partial charge < -0.3 is 4.74 Å². The van der Waals surface area contributed by atoms with E-state index in [-0.39, 0.29) is 24.5 Å². The first-order chi connectivity index (χ1) is 8.54. The highest BCUT2D eigenvalue weighted by Crippen LogP contribution is 2.27. The Balaban J connectivity index is 2.74. The van der Waals surface area contributed by atoms with Crippen molar-refractivity contribution in [1.29, 1.82) is 0 Å². The van der Waals surface area contributed by atoms with Gasteiger partial charge in [0, 0.05) is 12.3 Å². The molecule has 0 aromatic heterocycles. The Morgan fingerprint density at radius 2 is 1.89 bits per heavy atom. The molecule has 0 unspecified atom stereocenters. The maximum Gasteiger partial charge on any atom is 0.313 e. The van der Waals surface area contributed by atoms with Gasteiger partial charge in [-0.2, -0.15) is 0 Å². The summed E-state index contributed by atoms with van der Waals surface area (Å²) in [6.07, 6.45) is 0.113. The van der Waals surface area contributed by atoms with Gasteiger partial charge in [0.15, 0.2) is 0 Å². The Labute approximate surface area is 107 Å². The molecule has 1 rings (SSSR count). The third-order valence-electron chi connectivity index (χ3n) is 2.80. The maximum absolute atomic E-state index is 11.8. The number of carbonyl (C=O) groups excluding carboxylic acids is 2. The lowest BCUT2D eigenvalue weighted by Crippen LogP contribution is -2.13. The highest BCUT2D eigenvalue weighted by atomic mass is 16.5. The van der Waals surface area contributed by atoms with Crippen LogP contribution in [0.3, 0.4) is 0 Å². The molecular formula is C15H18O3. The molecule has 0 spiro atoms. The van der Waals surface area contributed by atoms with Gasteiger partial charge in [-0.25, -0.2) is 0 Å². The highest BCUT2D eigenvalue weighted by molar-refractivity contribution is 5.96. The molecule has 1 atom stereocenters. The summed E-state index contributed by atoms with van der Waals surface area (Å²) in [4.78, 5) is 22.8. The molecule has 0 heterocycles. The second-order valence-corrected chi connectivity index (χ2v) is 4.31. The summed E-state index contributed by atoms with van der Waals surface area (Å²) in [5.74, 6) is -0.657. The Hall–Kier alpha value is -1.90. The van der Waals surface area contributed by atoms with Crippen LogP contribution in [-0.4, -0.2) is 18.9 Å². The van der Waals surface area contributed by atoms with Crippen molar-refractivity contribution >= 4 is 11.8 Å². The number of Topliss-reactive ketones (excluding diaryl/α,β-unsaturated/α-hetero) is 1. The van der Waals surface area contributed by atoms with Crippen molar-refractivity contribution in [3.8, 4) is 0 Å². The Morgan fingerprint density at radius 1 is 1.28 bits per heavy atom. The predicted octanol–water partition coefficient (Wildman–Crippen LogP) is 2.87. The predicted molar refractivity (Wildman–Crippen MR) is 70.3 cm³/mol. The van der Waals surface area contributed by atoms with E-state index in [2.05, 4.69) is 11.3 Å². The average Bonchev–Trinajstić information content (AvgIpc) is 2.36. The first-order valence-corrected chi connectivity index (χ1v) is 5.83. The zero-order chi connectivity index (χ0) is 13.5. The molecule has 0 saturated heterocycles. The average molecular weight is 246 g/mol. The molecule has 0 aliphatic rings. The molecular weight excluding hydrogens is 228 g/mol. The fourth-order valence-corrected chi connectivity index (χ4v) is 1.79. The number of rotatable bonds is 6. The standard InChI is InChI=1S/C15H18O3/c1-11(2)14(12-7-5-4-6-8-12)9-13(16)10-15(17)18-3/h4-8,14H,1,9-10H2,2-3H3/t14-/m0/s1. The fourth-order valence-electron chi connectivity index (χ4n) is 1.79. The van der Waals surface area contributed by atoms with E-state index in [9.17, 15) is 9.59 Å². The quantitative estimate of drug-likeness (QED) is 0.440. The van der Waals surface area contributed by atoms with Crippen molar-refractivity contribution in [2.24, 2.45) is 0 Å². The topological polar surface area (TPSA) is 43.4 Å². The van der Waals surface area contributed by atoms with E-state index in [4.69, 9.17) is 0 Å². The van der Waals surface area contributed by atoms with Gasteiger partial charge in [-0.1, -0.05) is 42.5 Å². The highest BCUT2D eigenvalue weighted by Gasteiger charge is 2.18. The van der Waals surface area contributed by atoms with Crippen LogP contribution in [-0.2, 0) is 14.3 Å². The molecule has 0 bridgehead atoms. The summed E-state index contributed by atoms with van der Waals surface area (Å²) in [5, 5.41) is 0. The first-order valence-electron chi connectivity index (χ1n) is 5.83. The molecule has 0 N–H and O–H groups in total. The van der Waals surface area contributed by atoms with Crippen molar-refractivity contribution < 1.29 is 14.3 Å². The second kappa shape index (κ2) is 6.74. The minimum atomic E-state index is -0.492. The third kappa shape index (κ3) is 4.17. The van der Waals surface area contributed by atoms with E-state index in [1.54, 1.807) is 0 Å². The number of benzene rings is 1. The smallest absolute Gasteiger partial charge is 0.313 e. The third-order valence-corrected chi connectivity index (χ3v) is 2.80. The second-order valence-electron chi connectivity index (χ2n) is 4.31. The number of methoxy groups -OCH3 is 1. The van der Waals surface area contributed by atoms with E-state index in [0.717, 1.165) is 11.1 Å². The van der Waals surface area contributed by atoms with E-state index in [1.165, 1.54) is 7.11 Å². The van der Waals surface area contributed by atoms with Crippen molar-refractivity contribution in [3.63, 3.8) is 0 Å². The summed E-state index contributed by atoms with van der Waals surface area (Å²) in [5.41, 5.74) is 1.96. The molecule has 3 heteroatoms. The number of ether oxygens (including phenoxy) is 1. The van der Waals surface area contributed by atoms with E-state index >= 15 is 0 Å². The number of allylic oxidation sites excluding steroid dienone is 1. The molecule has 0 aliphatic heterocycles. The summed E-state index contributed by atoms with van der Waals surface area (Å²) >= 11 is 0. The van der Waals surface area contributed by atoms with Crippen LogP contribution in [0.15, 0.2) is 42.5 Å². The van der Waals surface area contributed by atoms with Gasteiger partial charge in [-0.05, 0) is 12.5 Å². The number of hydrogen-bond acceptors (Lipinski definition) is 3. The number of hydrogen-bond donors (Lipinski definition) is 0. The molecule has 0 radical (unpaired) electrons. The molecule has 96 valence electrons. The Bertz CT molecular complexity index is 434. The zero-order valence-corrected chi connectivity index (χ0v) is 10.8. The van der Waals surface area contributed by atoms with Crippen molar-refractivity contribution in [2.75, 3.05) is 7.11 Å². The van der Waals surface area contributed by atoms with Gasteiger partial charge in [0.25, 0.3) is 0 Å². The summed E-state index contributed by atoms with van der Waals surface area (Å²) < 4.78 is 4.49. The van der Waals surface area contributed by atoms with Gasteiger partial charge in [0.05, 0.1) is 7.11 Å². The van der Waals surface area contributed by atoms with E-state index < -0.39 is 5.97 Å². The molecule has 1 aromatic carbocycles. The van der Waals surface area contributed by atoms with Crippen LogP contribution < -0.4 is 0 Å². The van der Waals surface area contributed by atoms with Crippen molar-refractivity contribution in [2.45, 2.75) is 25.7 Å². The molecule has 0 fully saturated rings. The lowest BCUT2D eigenvalue weighted by molar-refractivity contribution is -0.143. The molecule has 0 aliphatic carbocycles. The van der Waals surface area contributed by atoms with Crippen molar-refractivity contribution in [1.82, 2.24) is 0 Å². The van der Waals surface area contributed by atoms with Crippen LogP contribution in [0.4, 0.5) is 0 Å². The summed E-state index contributed by atoms with van der Waals surface area (Å²) in [6.45, 7) is 5.81. The van der Waals surface area contributed by atoms with Gasteiger partial charge in [-0.15, -0.1) is 0 Å². The molecule has 1 aromatic rings. The monoisotopic (exact) mass is 246 g/mol. The van der Waals surface area contributed by atoms with Crippen LogP contribution in [0.25, 0.3) is 0 Å². The molecule has 18 heavy (non-hydrogen) atoms. The van der Waals surface area contributed by atoms with Gasteiger partial charge in [-0.3, -0.25) is 9.59 Å². The number of ketones is 1. The largest absolute Gasteiger partial charge is 0.469 e. The summed E-state index contributed by atoms with van der Waals surface area (Å²) in [6, 6.07) is 9.71. The van der Waals surface area contributed by atoms with E-state index in [1.807, 2.05) is 37.3 Å². The van der Waals surface area contributed by atoms with Crippen LogP contribution in [0, 0.1) is 0 Å². The normalized spacial score (nSPS) is 11.7. The lowest BCUT2D eigenvalue weighted by Gasteiger charge is -2.16. The first kappa shape index (κ1) is 14.2. The number of esters is 1. The van der Waals surface area contributed by atoms with Gasteiger partial charge >= 0.3 is 5.97 Å². The fraction of sp³-hybridized carbons (Fsp3) is 0.333. The van der Waals surface area contributed by atoms with E-state index in [0.29, 0.717) is 0 Å². The molecule has 3 nitrogen and oxygen atoms in total. The number of carbonyl (C=O) groups is 2. The Morgan fingerprint density at radius 3 is 2.39 bits per heavy atom. The summed E-state index contributed by atoms with van der Waals surface area (Å²) in [7, 11) is 1.28. The molecule has 0 saturated carbocycles. The minimum Gasteiger partial charge on any atom is -0.469 e. The van der Waals surface area contributed by atoms with Crippen molar-refractivity contribution in [3.05, 3.63) is 48.0 Å². The maximum atomic E-state index is 11.8. The minimum absolute atomic E-state index is 0.0386. The SMILES string of the molecule is C=C(C)[C@H](CC(=O)CC(=O)OC)c1ccccc1. The van der Waals surface area contributed by atoms with Gasteiger partial charge in [0.1, 0.15) is 12.2 Å².